The molecule has 1 aliphatic heterocycles. The quantitative estimate of drug-likeness (QED) is 0.610. The van der Waals surface area contributed by atoms with Gasteiger partial charge in [0.15, 0.2) is 0 Å². The van der Waals surface area contributed by atoms with Gasteiger partial charge in [0.05, 0.1) is 22.5 Å². The lowest BCUT2D eigenvalue weighted by Crippen LogP contribution is -2.28. The zero-order chi connectivity index (χ0) is 18.9. The van der Waals surface area contributed by atoms with E-state index in [4.69, 9.17) is 0 Å². The van der Waals surface area contributed by atoms with E-state index in [-0.39, 0.29) is 16.6 Å². The number of hydrogen-bond acceptors (Lipinski definition) is 6. The molecular formula is C16H21N5O4S. The number of nitro groups is 1. The summed E-state index contributed by atoms with van der Waals surface area (Å²) >= 11 is 0. The van der Waals surface area contributed by atoms with Crippen molar-refractivity contribution in [2.75, 3.05) is 18.4 Å². The first-order chi connectivity index (χ1) is 12.3. The van der Waals surface area contributed by atoms with Gasteiger partial charge in [0, 0.05) is 37.5 Å². The summed E-state index contributed by atoms with van der Waals surface area (Å²) in [4.78, 5) is 10.4. The summed E-state index contributed by atoms with van der Waals surface area (Å²) in [5.74, 6) is 0. The molecule has 1 fully saturated rings. The molecule has 0 radical (unpaired) electrons. The number of nitro benzene ring substituents is 1. The maximum Gasteiger partial charge on any atom is 0.270 e. The third kappa shape index (κ3) is 3.56. The number of anilines is 2. The molecule has 0 spiro atoms. The lowest BCUT2D eigenvalue weighted by Gasteiger charge is -2.18. The molecule has 1 aromatic heterocycles. The Labute approximate surface area is 151 Å². The van der Waals surface area contributed by atoms with Gasteiger partial charge in [0.25, 0.3) is 5.69 Å². The minimum absolute atomic E-state index is 0.0918. The third-order valence-electron chi connectivity index (χ3n) is 4.27. The highest BCUT2D eigenvalue weighted by molar-refractivity contribution is 7.89. The second kappa shape index (κ2) is 7.04. The van der Waals surface area contributed by atoms with Crippen molar-refractivity contribution in [3.63, 3.8) is 0 Å². The van der Waals surface area contributed by atoms with Gasteiger partial charge in [-0.3, -0.25) is 14.8 Å². The number of sulfonamides is 1. The van der Waals surface area contributed by atoms with E-state index in [0.717, 1.165) is 18.9 Å². The summed E-state index contributed by atoms with van der Waals surface area (Å²) in [5.41, 5.74) is 0.655. The van der Waals surface area contributed by atoms with Crippen molar-refractivity contribution in [3.05, 3.63) is 40.7 Å². The Morgan fingerprint density at radius 3 is 2.54 bits per heavy atom. The van der Waals surface area contributed by atoms with Gasteiger partial charge in [-0.15, -0.1) is 0 Å². The molecule has 0 aliphatic carbocycles. The fraction of sp³-hybridized carbons (Fsp3) is 0.438. The van der Waals surface area contributed by atoms with Gasteiger partial charge >= 0.3 is 0 Å². The zero-order valence-corrected chi connectivity index (χ0v) is 15.4. The van der Waals surface area contributed by atoms with Gasteiger partial charge in [0.2, 0.25) is 10.0 Å². The minimum Gasteiger partial charge on any atom is -0.352 e. The van der Waals surface area contributed by atoms with Crippen LogP contribution < -0.4 is 5.32 Å². The molecule has 0 bridgehead atoms. The fourth-order valence-corrected chi connectivity index (χ4v) is 4.53. The Hall–Kier alpha value is -2.46. The van der Waals surface area contributed by atoms with Crippen LogP contribution in [0.5, 0.6) is 0 Å². The molecule has 0 atom stereocenters. The second-order valence-corrected chi connectivity index (χ2v) is 8.38. The van der Waals surface area contributed by atoms with Crippen molar-refractivity contribution in [2.24, 2.45) is 0 Å². The molecule has 0 saturated carbocycles. The number of benzene rings is 1. The smallest absolute Gasteiger partial charge is 0.270 e. The minimum atomic E-state index is -3.82. The molecule has 9 nitrogen and oxygen atoms in total. The van der Waals surface area contributed by atoms with Gasteiger partial charge in [0.1, 0.15) is 4.90 Å². The molecule has 2 heterocycles. The zero-order valence-electron chi connectivity index (χ0n) is 14.6. The topological polar surface area (TPSA) is 110 Å². The van der Waals surface area contributed by atoms with E-state index in [1.807, 2.05) is 13.8 Å². The fourth-order valence-electron chi connectivity index (χ4n) is 2.85. The van der Waals surface area contributed by atoms with Crippen LogP contribution in [0.3, 0.4) is 0 Å². The Bertz CT molecular complexity index is 916. The van der Waals surface area contributed by atoms with Crippen LogP contribution in [0.1, 0.15) is 32.7 Å². The Morgan fingerprint density at radius 2 is 1.96 bits per heavy atom. The largest absolute Gasteiger partial charge is 0.352 e. The van der Waals surface area contributed by atoms with Crippen LogP contribution in [-0.4, -0.2) is 40.5 Å². The first-order valence-corrected chi connectivity index (χ1v) is 9.83. The maximum absolute atomic E-state index is 13.0. The molecule has 26 heavy (non-hydrogen) atoms. The standard InChI is InChI=1S/C16H21N5O4S/c1-12(2)20-11-13(10-17-20)18-15-6-5-14(21(22)23)9-16(15)26(24,25)19-7-3-4-8-19/h5-6,9-12,18H,3-4,7-8H2,1-2H3. The highest BCUT2D eigenvalue weighted by atomic mass is 32.2. The normalized spacial score (nSPS) is 15.5. The summed E-state index contributed by atoms with van der Waals surface area (Å²) in [6.07, 6.45) is 4.93. The van der Waals surface area contributed by atoms with E-state index >= 15 is 0 Å². The predicted molar refractivity (Wildman–Crippen MR) is 97.0 cm³/mol. The molecule has 1 aliphatic rings. The van der Waals surface area contributed by atoms with E-state index in [9.17, 15) is 18.5 Å². The lowest BCUT2D eigenvalue weighted by atomic mass is 10.3. The highest BCUT2D eigenvalue weighted by Crippen LogP contribution is 2.32. The molecule has 1 saturated heterocycles. The Morgan fingerprint density at radius 1 is 1.27 bits per heavy atom. The third-order valence-corrected chi connectivity index (χ3v) is 6.21. The summed E-state index contributed by atoms with van der Waals surface area (Å²) in [6, 6.07) is 3.99. The summed E-state index contributed by atoms with van der Waals surface area (Å²) in [5, 5.41) is 18.4. The summed E-state index contributed by atoms with van der Waals surface area (Å²) in [6.45, 7) is 4.81. The summed E-state index contributed by atoms with van der Waals surface area (Å²) < 4.78 is 29.1. The SMILES string of the molecule is CC(C)n1cc(Nc2ccc([N+](=O)[O-])cc2S(=O)(=O)N2CCCC2)cn1. The molecule has 1 aromatic carbocycles. The van der Waals surface area contributed by atoms with Gasteiger partial charge in [-0.05, 0) is 32.8 Å². The number of non-ortho nitro benzene ring substituents is 1. The number of hydrogen-bond donors (Lipinski definition) is 1. The number of nitrogens with zero attached hydrogens (tertiary/aromatic N) is 4. The lowest BCUT2D eigenvalue weighted by molar-refractivity contribution is -0.385. The molecule has 1 N–H and O–H groups in total. The predicted octanol–water partition coefficient (Wildman–Crippen LogP) is 2.90. The molecule has 2 aromatic rings. The first kappa shape index (κ1) is 18.3. The van der Waals surface area contributed by atoms with Crippen LogP contribution in [0.4, 0.5) is 17.1 Å². The Kier molecular flexibility index (Phi) is 4.97. The molecule has 0 unspecified atom stereocenters. The highest BCUT2D eigenvalue weighted by Gasteiger charge is 2.31. The van der Waals surface area contributed by atoms with Gasteiger partial charge in [-0.25, -0.2) is 8.42 Å². The Balaban J connectivity index is 2.02. The van der Waals surface area contributed by atoms with Gasteiger partial charge in [-0.2, -0.15) is 9.40 Å². The van der Waals surface area contributed by atoms with Gasteiger partial charge < -0.3 is 5.32 Å². The number of aromatic nitrogens is 2. The average molecular weight is 379 g/mol. The monoisotopic (exact) mass is 379 g/mol. The van der Waals surface area contributed by atoms with Crippen LogP contribution in [0.2, 0.25) is 0 Å². The van der Waals surface area contributed by atoms with Crippen molar-refractivity contribution < 1.29 is 13.3 Å². The molecular weight excluding hydrogens is 358 g/mol. The van der Waals surface area contributed by atoms with Gasteiger partial charge in [-0.1, -0.05) is 0 Å². The van der Waals surface area contributed by atoms with Crippen molar-refractivity contribution in [2.45, 2.75) is 37.6 Å². The van der Waals surface area contributed by atoms with E-state index in [1.54, 1.807) is 17.1 Å². The van der Waals surface area contributed by atoms with Crippen LogP contribution in [0.15, 0.2) is 35.5 Å². The molecule has 0 amide bonds. The van der Waals surface area contributed by atoms with Crippen LogP contribution in [0.25, 0.3) is 0 Å². The second-order valence-electron chi connectivity index (χ2n) is 6.48. The average Bonchev–Trinajstić information content (AvgIpc) is 3.27. The van der Waals surface area contributed by atoms with Crippen molar-refractivity contribution >= 4 is 27.1 Å². The van der Waals surface area contributed by atoms with Crippen LogP contribution in [-0.2, 0) is 10.0 Å². The van der Waals surface area contributed by atoms with Crippen molar-refractivity contribution in [3.8, 4) is 0 Å². The van der Waals surface area contributed by atoms with E-state index in [0.29, 0.717) is 24.5 Å². The van der Waals surface area contributed by atoms with Crippen LogP contribution >= 0.6 is 0 Å². The van der Waals surface area contributed by atoms with E-state index in [1.165, 1.54) is 16.4 Å². The molecule has 3 rings (SSSR count). The van der Waals surface area contributed by atoms with Crippen LogP contribution in [0, 0.1) is 10.1 Å². The molecule has 10 heteroatoms. The molecule has 140 valence electrons. The summed E-state index contributed by atoms with van der Waals surface area (Å²) in [7, 11) is -3.82. The number of nitrogens with one attached hydrogen (secondary N) is 1. The van der Waals surface area contributed by atoms with Crippen molar-refractivity contribution in [1.82, 2.24) is 14.1 Å². The van der Waals surface area contributed by atoms with Crippen molar-refractivity contribution in [1.29, 1.82) is 0 Å². The number of rotatable bonds is 6. The maximum atomic E-state index is 13.0. The van der Waals surface area contributed by atoms with E-state index < -0.39 is 14.9 Å². The first-order valence-electron chi connectivity index (χ1n) is 8.39. The van der Waals surface area contributed by atoms with E-state index in [2.05, 4.69) is 10.4 Å².